The molecule has 190 valence electrons. The lowest BCUT2D eigenvalue weighted by atomic mass is 10.0. The number of aromatic amines is 1. The fraction of sp³-hybridized carbons (Fsp3) is 0.333. The number of aliphatic carboxylic acids is 1. The summed E-state index contributed by atoms with van der Waals surface area (Å²) < 4.78 is 1.25. The number of hydrogen-bond donors (Lipinski definition) is 4. The molecule has 0 saturated carbocycles. The predicted molar refractivity (Wildman–Crippen MR) is 131 cm³/mol. The number of carboxylic acid groups (broad SMARTS) is 1. The zero-order chi connectivity index (χ0) is 26.1. The molecule has 4 heterocycles. The number of nitrogens with two attached hydrogens (primary N) is 1. The second-order valence-corrected chi connectivity index (χ2v) is 10.2. The van der Waals surface area contributed by atoms with E-state index in [-0.39, 0.29) is 38.9 Å². The van der Waals surface area contributed by atoms with Gasteiger partial charge in [0.2, 0.25) is 0 Å². The van der Waals surface area contributed by atoms with Crippen LogP contribution in [0.3, 0.4) is 0 Å². The van der Waals surface area contributed by atoms with Crippen LogP contribution >= 0.6 is 34.9 Å². The lowest BCUT2D eigenvalue weighted by Gasteiger charge is -2.49. The number of carboxylic acids is 1. The standard InChI is InChI=1S/C18H18N8O7S3/c1-25-18(22-12(28)13(29)23-25)36-4-6-3-34-15-9(14(30)26(15)10(6)16(31)32)21-11(27)8(24-33-2)7-5-35-17(19)20-7/h5,9,15H,3-4H2,1-2H3,(H2,19,20)(H,21,27)(H,23,29)(H,31,32)/b24-8+/t9?,15-/m0/s1. The van der Waals surface area contributed by atoms with Crippen molar-refractivity contribution in [1.82, 2.24) is 30.0 Å². The fourth-order valence-electron chi connectivity index (χ4n) is 3.44. The number of aromatic nitrogens is 4. The molecule has 2 aromatic rings. The van der Waals surface area contributed by atoms with Gasteiger partial charge in [-0.1, -0.05) is 16.9 Å². The number of anilines is 1. The van der Waals surface area contributed by atoms with Gasteiger partial charge in [0.1, 0.15) is 29.9 Å². The molecule has 1 unspecified atom stereocenters. The Hall–Kier alpha value is -3.64. The number of oxime groups is 1. The van der Waals surface area contributed by atoms with Gasteiger partial charge in [0, 0.05) is 23.9 Å². The normalized spacial score (nSPS) is 19.6. The first-order valence-electron chi connectivity index (χ1n) is 9.96. The van der Waals surface area contributed by atoms with E-state index in [2.05, 4.69) is 25.5 Å². The number of nitrogens with zero attached hydrogens (tertiary/aromatic N) is 5. The van der Waals surface area contributed by atoms with E-state index in [4.69, 9.17) is 10.6 Å². The van der Waals surface area contributed by atoms with Crippen LogP contribution in [-0.4, -0.2) is 83.3 Å². The number of thiazole rings is 1. The molecule has 5 N–H and O–H groups in total. The number of carbonyl (C=O) groups is 3. The average Bonchev–Trinajstić information content (AvgIpc) is 3.27. The Bertz CT molecular complexity index is 1430. The number of carbonyl (C=O) groups excluding carboxylic acids is 2. The smallest absolute Gasteiger partial charge is 0.352 e. The first-order valence-corrected chi connectivity index (χ1v) is 12.9. The first-order chi connectivity index (χ1) is 17.1. The lowest BCUT2D eigenvalue weighted by Crippen LogP contribution is -2.71. The van der Waals surface area contributed by atoms with Gasteiger partial charge in [-0.05, 0) is 5.57 Å². The highest BCUT2D eigenvalue weighted by Gasteiger charge is 2.54. The third kappa shape index (κ3) is 4.73. The van der Waals surface area contributed by atoms with E-state index in [1.54, 1.807) is 0 Å². The van der Waals surface area contributed by atoms with Crippen molar-refractivity contribution in [1.29, 1.82) is 0 Å². The van der Waals surface area contributed by atoms with Crippen LogP contribution in [0.25, 0.3) is 0 Å². The molecule has 2 atom stereocenters. The summed E-state index contributed by atoms with van der Waals surface area (Å²) in [6, 6.07) is -0.995. The van der Waals surface area contributed by atoms with Crippen LogP contribution in [0, 0.1) is 0 Å². The van der Waals surface area contributed by atoms with E-state index >= 15 is 0 Å². The zero-order valence-electron chi connectivity index (χ0n) is 18.6. The number of nitrogen functional groups attached to an aromatic ring is 1. The number of aryl methyl sites for hydroxylation is 1. The Morgan fingerprint density at radius 1 is 1.39 bits per heavy atom. The SMILES string of the molecule is CO/N=C(/C(=O)NC1C(=O)N2C(C(=O)O)=C(CSc3nc(=O)c(=O)[nH]n3C)CS[C@@H]12)c1csc(N)n1. The summed E-state index contributed by atoms with van der Waals surface area (Å²) in [5.41, 5.74) is 4.00. The molecule has 15 nitrogen and oxygen atoms in total. The number of thioether (sulfide) groups is 2. The largest absolute Gasteiger partial charge is 0.477 e. The molecule has 0 radical (unpaired) electrons. The van der Waals surface area contributed by atoms with E-state index in [9.17, 15) is 29.1 Å². The second kappa shape index (κ2) is 10.2. The molecule has 2 aliphatic rings. The molecule has 2 aliphatic heterocycles. The Balaban J connectivity index is 1.51. The molecule has 1 fully saturated rings. The average molecular weight is 555 g/mol. The summed E-state index contributed by atoms with van der Waals surface area (Å²) in [7, 11) is 2.74. The monoisotopic (exact) mass is 554 g/mol. The first kappa shape index (κ1) is 25.5. The molecule has 1 saturated heterocycles. The molecule has 18 heteroatoms. The highest BCUT2D eigenvalue weighted by atomic mass is 32.2. The number of hydrogen-bond acceptors (Lipinski definition) is 13. The van der Waals surface area contributed by atoms with Crippen molar-refractivity contribution in [3.63, 3.8) is 0 Å². The Morgan fingerprint density at radius 3 is 2.78 bits per heavy atom. The van der Waals surface area contributed by atoms with Crippen molar-refractivity contribution in [3.8, 4) is 0 Å². The van der Waals surface area contributed by atoms with Gasteiger partial charge in [-0.15, -0.1) is 23.1 Å². The lowest BCUT2D eigenvalue weighted by molar-refractivity contribution is -0.150. The Morgan fingerprint density at radius 2 is 2.14 bits per heavy atom. The van der Waals surface area contributed by atoms with Crippen LogP contribution in [0.1, 0.15) is 5.69 Å². The molecule has 0 aliphatic carbocycles. The summed E-state index contributed by atoms with van der Waals surface area (Å²) in [4.78, 5) is 74.3. The van der Waals surface area contributed by atoms with Crippen LogP contribution in [0.4, 0.5) is 5.13 Å². The van der Waals surface area contributed by atoms with Gasteiger partial charge in [-0.2, -0.15) is 4.98 Å². The number of fused-ring (bicyclic) bond motifs is 1. The predicted octanol–water partition coefficient (Wildman–Crippen LogP) is -1.61. The number of nitrogens with one attached hydrogen (secondary N) is 2. The van der Waals surface area contributed by atoms with Crippen molar-refractivity contribution >= 4 is 63.5 Å². The maximum atomic E-state index is 12.9. The Labute approximate surface area is 213 Å². The zero-order valence-corrected chi connectivity index (χ0v) is 21.0. The minimum atomic E-state index is -1.31. The van der Waals surface area contributed by atoms with E-state index in [1.807, 2.05) is 0 Å². The maximum Gasteiger partial charge on any atom is 0.352 e. The van der Waals surface area contributed by atoms with Crippen LogP contribution < -0.4 is 22.2 Å². The molecule has 0 spiro atoms. The highest BCUT2D eigenvalue weighted by molar-refractivity contribution is 8.01. The summed E-state index contributed by atoms with van der Waals surface area (Å²) in [5, 5.41) is 19.6. The second-order valence-electron chi connectivity index (χ2n) is 7.30. The van der Waals surface area contributed by atoms with Crippen LogP contribution in [0.2, 0.25) is 0 Å². The molecular formula is C18H18N8O7S3. The quantitative estimate of drug-likeness (QED) is 0.0953. The third-order valence-electron chi connectivity index (χ3n) is 5.02. The van der Waals surface area contributed by atoms with Crippen LogP contribution in [0.5, 0.6) is 0 Å². The molecule has 0 aromatic carbocycles. The molecule has 4 rings (SSSR count). The minimum Gasteiger partial charge on any atom is -0.477 e. The van der Waals surface area contributed by atoms with Gasteiger partial charge in [0.25, 0.3) is 11.8 Å². The van der Waals surface area contributed by atoms with E-state index in [0.29, 0.717) is 5.57 Å². The summed E-state index contributed by atoms with van der Waals surface area (Å²) in [6.45, 7) is 0. The van der Waals surface area contributed by atoms with E-state index < -0.39 is 40.3 Å². The van der Waals surface area contributed by atoms with Crippen molar-refractivity contribution in [2.45, 2.75) is 16.6 Å². The van der Waals surface area contributed by atoms with Gasteiger partial charge in [0.15, 0.2) is 16.0 Å². The van der Waals surface area contributed by atoms with E-state index in [0.717, 1.165) is 28.0 Å². The van der Waals surface area contributed by atoms with E-state index in [1.165, 1.54) is 36.0 Å². The number of β-lactam (4-membered cyclic amide) rings is 1. The fourth-order valence-corrected chi connectivity index (χ4v) is 6.39. The molecule has 2 aromatic heterocycles. The number of amides is 2. The van der Waals surface area contributed by atoms with Crippen molar-refractivity contribution in [2.24, 2.45) is 12.2 Å². The van der Waals surface area contributed by atoms with Gasteiger partial charge >= 0.3 is 17.1 Å². The minimum absolute atomic E-state index is 0.102. The van der Waals surface area contributed by atoms with Crippen LogP contribution in [0.15, 0.2) is 36.6 Å². The highest BCUT2D eigenvalue weighted by Crippen LogP contribution is 2.41. The van der Waals surface area contributed by atoms with Crippen molar-refractivity contribution in [3.05, 3.63) is 43.1 Å². The van der Waals surface area contributed by atoms with Crippen molar-refractivity contribution in [2.75, 3.05) is 24.3 Å². The molecule has 36 heavy (non-hydrogen) atoms. The molecular weight excluding hydrogens is 536 g/mol. The van der Waals surface area contributed by atoms with Crippen LogP contribution in [-0.2, 0) is 26.3 Å². The summed E-state index contributed by atoms with van der Waals surface area (Å²) in [5.74, 6) is -2.30. The van der Waals surface area contributed by atoms with Gasteiger partial charge < -0.3 is 21.0 Å². The molecule has 0 bridgehead atoms. The van der Waals surface area contributed by atoms with Gasteiger partial charge in [-0.25, -0.2) is 9.78 Å². The maximum absolute atomic E-state index is 12.9. The number of H-pyrrole nitrogens is 1. The topological polar surface area (TPSA) is 215 Å². The van der Waals surface area contributed by atoms with Gasteiger partial charge in [0.05, 0.1) is 0 Å². The third-order valence-corrected chi connectivity index (χ3v) is 8.15. The number of rotatable bonds is 8. The summed E-state index contributed by atoms with van der Waals surface area (Å²) in [6.07, 6.45) is 0. The van der Waals surface area contributed by atoms with Gasteiger partial charge in [-0.3, -0.25) is 33.9 Å². The van der Waals surface area contributed by atoms with Crippen molar-refractivity contribution < 1.29 is 24.3 Å². The Kier molecular flexibility index (Phi) is 7.18. The summed E-state index contributed by atoms with van der Waals surface area (Å²) >= 11 is 3.41. The molecule has 2 amide bonds.